The molecule has 156 valence electrons. The summed E-state index contributed by atoms with van der Waals surface area (Å²) in [7, 11) is 0. The van der Waals surface area contributed by atoms with E-state index >= 15 is 0 Å². The van der Waals surface area contributed by atoms with Gasteiger partial charge in [0, 0.05) is 32.6 Å². The van der Waals surface area contributed by atoms with Crippen molar-refractivity contribution < 1.29 is 14.0 Å². The molecule has 2 heterocycles. The molecule has 8 heteroatoms. The molecule has 0 bridgehead atoms. The van der Waals surface area contributed by atoms with E-state index in [1.165, 1.54) is 12.1 Å². The molecule has 2 aliphatic rings. The van der Waals surface area contributed by atoms with Gasteiger partial charge in [-0.25, -0.2) is 4.39 Å². The number of carbonyl (C=O) groups excluding carboxylic acids is 2. The normalized spacial score (nSPS) is 19.1. The second kappa shape index (κ2) is 10.4. The number of halogens is 3. The summed E-state index contributed by atoms with van der Waals surface area (Å²) in [6.45, 7) is 6.25. The summed E-state index contributed by atoms with van der Waals surface area (Å²) >= 11 is 6.00. The first kappa shape index (κ1) is 22.9. The van der Waals surface area contributed by atoms with E-state index in [-0.39, 0.29) is 29.2 Å². The van der Waals surface area contributed by atoms with Crippen LogP contribution in [-0.4, -0.2) is 60.9 Å². The van der Waals surface area contributed by atoms with Crippen LogP contribution in [0.4, 0.5) is 4.39 Å². The molecule has 0 aromatic heterocycles. The van der Waals surface area contributed by atoms with E-state index < -0.39 is 5.82 Å². The maximum Gasteiger partial charge on any atom is 0.255 e. The molecule has 5 nitrogen and oxygen atoms in total. The number of piperidine rings is 1. The van der Waals surface area contributed by atoms with Gasteiger partial charge in [0.25, 0.3) is 5.91 Å². The average molecular weight is 432 g/mol. The first-order valence-electron chi connectivity index (χ1n) is 9.68. The predicted octanol–water partition coefficient (Wildman–Crippen LogP) is 3.21. The van der Waals surface area contributed by atoms with Gasteiger partial charge >= 0.3 is 0 Å². The van der Waals surface area contributed by atoms with Crippen molar-refractivity contribution in [2.24, 2.45) is 11.8 Å². The molecule has 0 aliphatic carbocycles. The fourth-order valence-electron chi connectivity index (χ4n) is 3.98. The van der Waals surface area contributed by atoms with Crippen LogP contribution in [0.2, 0.25) is 5.02 Å². The van der Waals surface area contributed by atoms with Crippen molar-refractivity contribution in [2.75, 3.05) is 39.3 Å². The zero-order chi connectivity index (χ0) is 19.4. The third kappa shape index (κ3) is 5.58. The molecule has 2 saturated heterocycles. The molecule has 2 fully saturated rings. The van der Waals surface area contributed by atoms with Gasteiger partial charge in [0.2, 0.25) is 5.91 Å². The van der Waals surface area contributed by atoms with Crippen molar-refractivity contribution in [3.63, 3.8) is 0 Å². The number of hydrogen-bond donors (Lipinski definition) is 1. The Morgan fingerprint density at radius 1 is 1.18 bits per heavy atom. The average Bonchev–Trinajstić information content (AvgIpc) is 2.68. The van der Waals surface area contributed by atoms with Gasteiger partial charge in [0.15, 0.2) is 0 Å². The Labute approximate surface area is 177 Å². The first-order chi connectivity index (χ1) is 13.0. The highest BCUT2D eigenvalue weighted by atomic mass is 35.5. The summed E-state index contributed by atoms with van der Waals surface area (Å²) in [6.07, 6.45) is 2.84. The summed E-state index contributed by atoms with van der Waals surface area (Å²) in [6, 6.07) is 3.80. The van der Waals surface area contributed by atoms with Crippen LogP contribution in [0.5, 0.6) is 0 Å². The Bertz CT molecular complexity index is 690. The molecule has 0 spiro atoms. The summed E-state index contributed by atoms with van der Waals surface area (Å²) in [5, 5.41) is 3.48. The van der Waals surface area contributed by atoms with E-state index in [0.29, 0.717) is 50.0 Å². The van der Waals surface area contributed by atoms with E-state index in [1.54, 1.807) is 4.90 Å². The van der Waals surface area contributed by atoms with Crippen LogP contribution in [0, 0.1) is 17.7 Å². The SMILES string of the molecule is CC(CC(=O)N1CCN(C(=O)c2ccc(F)cc2Cl)CC1)C1CCNCC1.Cl. The third-order valence-electron chi connectivity index (χ3n) is 5.77. The Hall–Kier alpha value is -1.37. The summed E-state index contributed by atoms with van der Waals surface area (Å²) in [5.74, 6) is 0.494. The highest BCUT2D eigenvalue weighted by Crippen LogP contribution is 2.25. The Morgan fingerprint density at radius 2 is 1.79 bits per heavy atom. The number of nitrogens with zero attached hydrogens (tertiary/aromatic N) is 2. The second-order valence-corrected chi connectivity index (χ2v) is 7.97. The molecule has 1 unspecified atom stereocenters. The number of carbonyl (C=O) groups is 2. The zero-order valence-corrected chi connectivity index (χ0v) is 17.7. The van der Waals surface area contributed by atoms with Gasteiger partial charge in [-0.15, -0.1) is 12.4 Å². The molecule has 1 N–H and O–H groups in total. The van der Waals surface area contributed by atoms with Crippen LogP contribution in [-0.2, 0) is 4.79 Å². The van der Waals surface area contributed by atoms with Crippen molar-refractivity contribution in [1.29, 1.82) is 0 Å². The van der Waals surface area contributed by atoms with Crippen molar-refractivity contribution in [2.45, 2.75) is 26.2 Å². The number of rotatable bonds is 4. The van der Waals surface area contributed by atoms with Crippen molar-refractivity contribution in [1.82, 2.24) is 15.1 Å². The van der Waals surface area contributed by atoms with E-state index in [2.05, 4.69) is 12.2 Å². The maximum atomic E-state index is 13.2. The molecule has 2 amide bonds. The molecule has 28 heavy (non-hydrogen) atoms. The number of benzene rings is 1. The Morgan fingerprint density at radius 3 is 2.39 bits per heavy atom. The van der Waals surface area contributed by atoms with Crippen LogP contribution < -0.4 is 5.32 Å². The fraction of sp³-hybridized carbons (Fsp3) is 0.600. The fourth-order valence-corrected chi connectivity index (χ4v) is 4.22. The number of piperazine rings is 1. The van der Waals surface area contributed by atoms with Gasteiger partial charge in [-0.1, -0.05) is 18.5 Å². The van der Waals surface area contributed by atoms with Crippen LogP contribution >= 0.6 is 24.0 Å². The van der Waals surface area contributed by atoms with Gasteiger partial charge in [-0.3, -0.25) is 9.59 Å². The minimum Gasteiger partial charge on any atom is -0.339 e. The smallest absolute Gasteiger partial charge is 0.255 e. The topological polar surface area (TPSA) is 52.7 Å². The number of hydrogen-bond acceptors (Lipinski definition) is 3. The van der Waals surface area contributed by atoms with Crippen LogP contribution in [0.1, 0.15) is 36.5 Å². The zero-order valence-electron chi connectivity index (χ0n) is 16.1. The molecular formula is C20H28Cl2FN3O2. The monoisotopic (exact) mass is 431 g/mol. The highest BCUT2D eigenvalue weighted by Gasteiger charge is 2.28. The molecule has 1 aromatic carbocycles. The molecule has 0 saturated carbocycles. The van der Waals surface area contributed by atoms with E-state index in [1.807, 2.05) is 4.90 Å². The minimum atomic E-state index is -0.463. The lowest BCUT2D eigenvalue weighted by Gasteiger charge is -2.36. The number of amides is 2. The summed E-state index contributed by atoms with van der Waals surface area (Å²) in [5.41, 5.74) is 0.303. The first-order valence-corrected chi connectivity index (χ1v) is 10.1. The van der Waals surface area contributed by atoms with Gasteiger partial charge in [0.1, 0.15) is 5.82 Å². The molecule has 3 rings (SSSR count). The molecule has 0 radical (unpaired) electrons. The Kier molecular flexibility index (Phi) is 8.53. The summed E-state index contributed by atoms with van der Waals surface area (Å²) in [4.78, 5) is 28.8. The summed E-state index contributed by atoms with van der Waals surface area (Å²) < 4.78 is 13.2. The standard InChI is InChI=1S/C20H27ClFN3O2.ClH/c1-14(15-4-6-23-7-5-15)12-19(26)24-8-10-25(11-9-24)20(27)17-3-2-16(22)13-18(17)21;/h2-3,13-15,23H,4-12H2,1H3;1H. The van der Waals surface area contributed by atoms with Crippen molar-refractivity contribution >= 4 is 35.8 Å². The third-order valence-corrected chi connectivity index (χ3v) is 6.08. The predicted molar refractivity (Wildman–Crippen MR) is 111 cm³/mol. The largest absolute Gasteiger partial charge is 0.339 e. The van der Waals surface area contributed by atoms with E-state index in [4.69, 9.17) is 11.6 Å². The quantitative estimate of drug-likeness (QED) is 0.795. The second-order valence-electron chi connectivity index (χ2n) is 7.57. The molecule has 1 aromatic rings. The lowest BCUT2D eigenvalue weighted by Crippen LogP contribution is -2.51. The van der Waals surface area contributed by atoms with Crippen molar-refractivity contribution in [3.8, 4) is 0 Å². The number of nitrogens with one attached hydrogen (secondary N) is 1. The lowest BCUT2D eigenvalue weighted by atomic mass is 9.84. The van der Waals surface area contributed by atoms with Crippen LogP contribution in [0.3, 0.4) is 0 Å². The van der Waals surface area contributed by atoms with Crippen LogP contribution in [0.25, 0.3) is 0 Å². The molecule has 2 aliphatic heterocycles. The van der Waals surface area contributed by atoms with E-state index in [9.17, 15) is 14.0 Å². The Balaban J connectivity index is 0.00000280. The molecular weight excluding hydrogens is 404 g/mol. The molecule has 1 atom stereocenters. The van der Waals surface area contributed by atoms with Gasteiger partial charge in [0.05, 0.1) is 10.6 Å². The highest BCUT2D eigenvalue weighted by molar-refractivity contribution is 6.33. The van der Waals surface area contributed by atoms with E-state index in [0.717, 1.165) is 32.0 Å². The van der Waals surface area contributed by atoms with Gasteiger partial charge < -0.3 is 15.1 Å². The lowest BCUT2D eigenvalue weighted by molar-refractivity contribution is -0.134. The van der Waals surface area contributed by atoms with Gasteiger partial charge in [-0.05, 0) is 56.0 Å². The maximum absolute atomic E-state index is 13.2. The van der Waals surface area contributed by atoms with Crippen molar-refractivity contribution in [3.05, 3.63) is 34.6 Å². The minimum absolute atomic E-state index is 0. The van der Waals surface area contributed by atoms with Gasteiger partial charge in [-0.2, -0.15) is 0 Å². The van der Waals surface area contributed by atoms with Crippen LogP contribution in [0.15, 0.2) is 18.2 Å².